The Hall–Kier alpha value is -0.910. The molecule has 5 nitrogen and oxygen atoms in total. The molecule has 2 atom stereocenters. The number of rotatable bonds is 4. The van der Waals surface area contributed by atoms with Gasteiger partial charge in [0.2, 0.25) is 0 Å². The van der Waals surface area contributed by atoms with Crippen LogP contribution in [0.2, 0.25) is 0 Å². The largest absolute Gasteiger partial charge is 0.336 e. The molecule has 2 heterocycles. The minimum Gasteiger partial charge on any atom is -0.336 e. The van der Waals surface area contributed by atoms with E-state index in [9.17, 15) is 0 Å². The monoisotopic (exact) mass is 265 g/mol. The lowest BCUT2D eigenvalue weighted by Gasteiger charge is -2.36. The smallest absolute Gasteiger partial charge is 0.0946 e. The summed E-state index contributed by atoms with van der Waals surface area (Å²) >= 11 is 0. The van der Waals surface area contributed by atoms with Crippen LogP contribution in [-0.2, 0) is 7.05 Å². The Bertz CT molecular complexity index is 389. The summed E-state index contributed by atoms with van der Waals surface area (Å²) in [6, 6.07) is 0.861. The number of aryl methyl sites for hydroxylation is 1. The molecular weight excluding hydrogens is 238 g/mol. The molecule has 0 amide bonds. The first-order chi connectivity index (χ1) is 9.17. The summed E-state index contributed by atoms with van der Waals surface area (Å²) in [6.45, 7) is 6.35. The maximum absolute atomic E-state index is 6.07. The van der Waals surface area contributed by atoms with Crippen LogP contribution in [0.4, 0.5) is 0 Å². The van der Waals surface area contributed by atoms with Crippen molar-refractivity contribution in [2.45, 2.75) is 31.8 Å². The van der Waals surface area contributed by atoms with Gasteiger partial charge >= 0.3 is 0 Å². The van der Waals surface area contributed by atoms with E-state index >= 15 is 0 Å². The van der Waals surface area contributed by atoms with Crippen molar-refractivity contribution in [1.82, 2.24) is 19.4 Å². The SMILES string of the molecule is CCC1CN(C)CCCN1C(CN)c1cncn1C. The Morgan fingerprint density at radius 1 is 1.42 bits per heavy atom. The van der Waals surface area contributed by atoms with Gasteiger partial charge in [0.15, 0.2) is 0 Å². The van der Waals surface area contributed by atoms with Gasteiger partial charge in [0.25, 0.3) is 0 Å². The van der Waals surface area contributed by atoms with Crippen molar-refractivity contribution in [3.8, 4) is 0 Å². The minimum absolute atomic E-state index is 0.281. The van der Waals surface area contributed by atoms with Crippen LogP contribution in [-0.4, -0.2) is 58.6 Å². The molecule has 2 N–H and O–H groups in total. The van der Waals surface area contributed by atoms with E-state index in [-0.39, 0.29) is 6.04 Å². The normalized spacial score (nSPS) is 24.3. The topological polar surface area (TPSA) is 50.3 Å². The highest BCUT2D eigenvalue weighted by atomic mass is 15.3. The van der Waals surface area contributed by atoms with Gasteiger partial charge in [-0.05, 0) is 26.4 Å². The average molecular weight is 265 g/mol. The van der Waals surface area contributed by atoms with Gasteiger partial charge in [0, 0.05) is 38.9 Å². The van der Waals surface area contributed by atoms with Crippen LogP contribution >= 0.6 is 0 Å². The summed E-state index contributed by atoms with van der Waals surface area (Å²) < 4.78 is 2.10. The Morgan fingerprint density at radius 2 is 2.21 bits per heavy atom. The van der Waals surface area contributed by atoms with Crippen LogP contribution in [0.3, 0.4) is 0 Å². The predicted molar refractivity (Wildman–Crippen MR) is 77.9 cm³/mol. The van der Waals surface area contributed by atoms with E-state index in [1.54, 1.807) is 0 Å². The molecule has 1 aliphatic heterocycles. The third-order valence-corrected chi connectivity index (χ3v) is 4.24. The number of likely N-dealkylation sites (N-methyl/N-ethyl adjacent to an activating group) is 1. The third-order valence-electron chi connectivity index (χ3n) is 4.24. The molecule has 1 aliphatic rings. The first-order valence-electron chi connectivity index (χ1n) is 7.28. The summed E-state index contributed by atoms with van der Waals surface area (Å²) in [4.78, 5) is 9.26. The quantitative estimate of drug-likeness (QED) is 0.876. The van der Waals surface area contributed by atoms with Gasteiger partial charge in [-0.25, -0.2) is 4.98 Å². The molecule has 1 aromatic heterocycles. The Kier molecular flexibility index (Phi) is 4.96. The van der Waals surface area contributed by atoms with E-state index in [1.165, 1.54) is 25.1 Å². The molecule has 1 aromatic rings. The summed E-state index contributed by atoms with van der Waals surface area (Å²) in [5.74, 6) is 0. The number of hydrogen-bond donors (Lipinski definition) is 1. The zero-order chi connectivity index (χ0) is 13.8. The Morgan fingerprint density at radius 3 is 2.79 bits per heavy atom. The van der Waals surface area contributed by atoms with Crippen LogP contribution < -0.4 is 5.73 Å². The third kappa shape index (κ3) is 3.16. The lowest BCUT2D eigenvalue weighted by atomic mass is 10.1. The fourth-order valence-electron chi connectivity index (χ4n) is 3.15. The maximum Gasteiger partial charge on any atom is 0.0946 e. The molecule has 2 rings (SSSR count). The van der Waals surface area contributed by atoms with Crippen LogP contribution in [0.1, 0.15) is 31.5 Å². The first-order valence-corrected chi connectivity index (χ1v) is 7.28. The van der Waals surface area contributed by atoms with Crippen LogP contribution in [0.5, 0.6) is 0 Å². The number of aromatic nitrogens is 2. The number of nitrogens with two attached hydrogens (primary N) is 1. The van der Waals surface area contributed by atoms with Crippen LogP contribution in [0.25, 0.3) is 0 Å². The van der Waals surface area contributed by atoms with Crippen molar-refractivity contribution >= 4 is 0 Å². The highest BCUT2D eigenvalue weighted by Crippen LogP contribution is 2.25. The van der Waals surface area contributed by atoms with Crippen LogP contribution in [0.15, 0.2) is 12.5 Å². The summed E-state index contributed by atoms with van der Waals surface area (Å²) in [5, 5.41) is 0. The van der Waals surface area contributed by atoms with Gasteiger partial charge in [0.05, 0.1) is 18.1 Å². The lowest BCUT2D eigenvalue weighted by molar-refractivity contribution is 0.127. The maximum atomic E-state index is 6.07. The van der Waals surface area contributed by atoms with E-state index in [1.807, 2.05) is 12.5 Å². The average Bonchev–Trinajstić information content (AvgIpc) is 2.72. The molecule has 5 heteroatoms. The van der Waals surface area contributed by atoms with E-state index in [0.717, 1.165) is 13.1 Å². The number of nitrogens with zero attached hydrogens (tertiary/aromatic N) is 4. The minimum atomic E-state index is 0.281. The van der Waals surface area contributed by atoms with Gasteiger partial charge < -0.3 is 15.2 Å². The van der Waals surface area contributed by atoms with E-state index in [0.29, 0.717) is 12.6 Å². The summed E-state index contributed by atoms with van der Waals surface area (Å²) in [6.07, 6.45) is 6.20. The van der Waals surface area contributed by atoms with E-state index < -0.39 is 0 Å². The second-order valence-electron chi connectivity index (χ2n) is 5.60. The van der Waals surface area contributed by atoms with Gasteiger partial charge in [0.1, 0.15) is 0 Å². The molecule has 108 valence electrons. The lowest BCUT2D eigenvalue weighted by Crippen LogP contribution is -2.44. The molecule has 0 saturated carbocycles. The second kappa shape index (κ2) is 6.50. The predicted octanol–water partition coefficient (Wildman–Crippen LogP) is 0.836. The Labute approximate surface area is 116 Å². The van der Waals surface area contributed by atoms with Gasteiger partial charge in [-0.2, -0.15) is 0 Å². The van der Waals surface area contributed by atoms with Gasteiger partial charge in [-0.15, -0.1) is 0 Å². The van der Waals surface area contributed by atoms with E-state index in [4.69, 9.17) is 5.73 Å². The van der Waals surface area contributed by atoms with Crippen molar-refractivity contribution in [2.24, 2.45) is 12.8 Å². The fraction of sp³-hybridized carbons (Fsp3) is 0.786. The molecule has 2 unspecified atom stereocenters. The molecule has 0 bridgehead atoms. The van der Waals surface area contributed by atoms with E-state index in [2.05, 4.69) is 40.4 Å². The highest BCUT2D eigenvalue weighted by Gasteiger charge is 2.29. The van der Waals surface area contributed by atoms with Crippen molar-refractivity contribution < 1.29 is 0 Å². The zero-order valence-corrected chi connectivity index (χ0v) is 12.4. The van der Waals surface area contributed by atoms with Crippen molar-refractivity contribution in [3.05, 3.63) is 18.2 Å². The van der Waals surface area contributed by atoms with Crippen molar-refractivity contribution in [3.63, 3.8) is 0 Å². The molecule has 1 saturated heterocycles. The number of hydrogen-bond acceptors (Lipinski definition) is 4. The molecule has 0 aliphatic carbocycles. The van der Waals surface area contributed by atoms with Gasteiger partial charge in [-0.1, -0.05) is 6.92 Å². The van der Waals surface area contributed by atoms with Crippen molar-refractivity contribution in [1.29, 1.82) is 0 Å². The summed E-state index contributed by atoms with van der Waals surface area (Å²) in [7, 11) is 4.27. The molecular formula is C14H27N5. The molecule has 0 spiro atoms. The standard InChI is InChI=1S/C14H27N5/c1-4-12-10-17(2)6-5-7-19(12)13(8-15)14-9-16-11-18(14)3/h9,11-13H,4-8,10,15H2,1-3H3. The molecule has 0 aromatic carbocycles. The number of imidazole rings is 1. The molecule has 0 radical (unpaired) electrons. The second-order valence-corrected chi connectivity index (χ2v) is 5.60. The first kappa shape index (κ1) is 14.5. The zero-order valence-electron chi connectivity index (χ0n) is 12.4. The highest BCUT2D eigenvalue weighted by molar-refractivity contribution is 5.07. The molecule has 1 fully saturated rings. The van der Waals surface area contributed by atoms with Gasteiger partial charge in [-0.3, -0.25) is 4.90 Å². The van der Waals surface area contributed by atoms with Crippen LogP contribution in [0, 0.1) is 0 Å². The fourth-order valence-corrected chi connectivity index (χ4v) is 3.15. The summed E-state index contributed by atoms with van der Waals surface area (Å²) in [5.41, 5.74) is 7.30. The molecule has 19 heavy (non-hydrogen) atoms. The Balaban J connectivity index is 2.22. The van der Waals surface area contributed by atoms with Crippen molar-refractivity contribution in [2.75, 3.05) is 33.2 Å².